The molecule has 1 N–H and O–H groups in total. The molecule has 0 aromatic heterocycles. The van der Waals surface area contributed by atoms with Crippen molar-refractivity contribution in [3.63, 3.8) is 0 Å². The molecule has 0 unspecified atom stereocenters. The maximum Gasteiger partial charge on any atom is 0.513 e. The first-order chi connectivity index (χ1) is 17.0. The fourth-order valence-corrected chi connectivity index (χ4v) is 3.93. The molecule has 2 aromatic rings. The summed E-state index contributed by atoms with van der Waals surface area (Å²) in [5.41, 5.74) is 1.79. The molecule has 2 aromatic carbocycles. The molecule has 0 radical (unpaired) electrons. The molecule has 1 saturated heterocycles. The van der Waals surface area contributed by atoms with Crippen LogP contribution >= 0.6 is 0 Å². The Kier molecular flexibility index (Phi) is 9.95. The van der Waals surface area contributed by atoms with E-state index in [2.05, 4.69) is 12.2 Å². The van der Waals surface area contributed by atoms with Gasteiger partial charge in [0.05, 0.1) is 6.61 Å². The van der Waals surface area contributed by atoms with Gasteiger partial charge in [-0.15, -0.1) is 0 Å². The molecule has 0 aliphatic carbocycles. The number of ether oxygens (including phenoxy) is 3. The second kappa shape index (κ2) is 13.4. The third-order valence-electron chi connectivity index (χ3n) is 5.89. The van der Waals surface area contributed by atoms with E-state index in [1.807, 2.05) is 29.2 Å². The fraction of sp³-hybridized carbons (Fsp3) is 0.444. The van der Waals surface area contributed by atoms with E-state index in [0.29, 0.717) is 42.6 Å². The number of nitrogens with zero attached hydrogens (tertiary/aromatic N) is 1. The second-order valence-corrected chi connectivity index (χ2v) is 8.53. The van der Waals surface area contributed by atoms with Crippen molar-refractivity contribution in [2.75, 3.05) is 32.8 Å². The monoisotopic (exact) mass is 482 g/mol. The van der Waals surface area contributed by atoms with Crippen LogP contribution in [0.25, 0.3) is 0 Å². The van der Waals surface area contributed by atoms with Crippen molar-refractivity contribution in [3.05, 3.63) is 59.7 Å². The van der Waals surface area contributed by atoms with Gasteiger partial charge in [0, 0.05) is 25.2 Å². The molecule has 8 nitrogen and oxygen atoms in total. The van der Waals surface area contributed by atoms with Gasteiger partial charge in [-0.1, -0.05) is 25.5 Å². The van der Waals surface area contributed by atoms with Crippen LogP contribution in [0.15, 0.2) is 48.5 Å². The first kappa shape index (κ1) is 26.1. The number of likely N-dealkylation sites (tertiary alicyclic amines) is 1. The highest BCUT2D eigenvalue weighted by Crippen LogP contribution is 2.20. The van der Waals surface area contributed by atoms with Crippen molar-refractivity contribution >= 4 is 18.0 Å². The minimum absolute atomic E-state index is 0.0136. The van der Waals surface area contributed by atoms with Crippen LogP contribution in [0.5, 0.6) is 11.5 Å². The molecule has 0 saturated carbocycles. The Morgan fingerprint density at radius 3 is 2.23 bits per heavy atom. The lowest BCUT2D eigenvalue weighted by molar-refractivity contribution is -0.123. The quantitative estimate of drug-likeness (QED) is 0.403. The van der Waals surface area contributed by atoms with Crippen molar-refractivity contribution in [1.82, 2.24) is 10.2 Å². The Hall–Kier alpha value is -3.55. The lowest BCUT2D eigenvalue weighted by Gasteiger charge is -2.32. The number of rotatable bonds is 10. The van der Waals surface area contributed by atoms with Crippen molar-refractivity contribution in [2.45, 2.75) is 39.5 Å². The third kappa shape index (κ3) is 8.31. The Balaban J connectivity index is 1.35. The van der Waals surface area contributed by atoms with Crippen molar-refractivity contribution in [2.24, 2.45) is 5.92 Å². The molecule has 1 heterocycles. The van der Waals surface area contributed by atoms with Crippen molar-refractivity contribution in [3.8, 4) is 11.5 Å². The van der Waals surface area contributed by atoms with Crippen LogP contribution < -0.4 is 14.8 Å². The molecular formula is C27H34N2O6. The van der Waals surface area contributed by atoms with Crippen LogP contribution in [-0.4, -0.2) is 55.7 Å². The Morgan fingerprint density at radius 1 is 0.943 bits per heavy atom. The van der Waals surface area contributed by atoms with E-state index in [9.17, 15) is 14.4 Å². The minimum Gasteiger partial charge on any atom is -0.484 e. The summed E-state index contributed by atoms with van der Waals surface area (Å²) < 4.78 is 15.3. The van der Waals surface area contributed by atoms with E-state index in [1.54, 1.807) is 31.2 Å². The molecule has 0 bridgehead atoms. The topological polar surface area (TPSA) is 94.2 Å². The molecule has 1 aliphatic rings. The number of benzene rings is 2. The first-order valence-corrected chi connectivity index (χ1v) is 12.2. The molecule has 1 fully saturated rings. The largest absolute Gasteiger partial charge is 0.513 e. The predicted octanol–water partition coefficient (Wildman–Crippen LogP) is 4.22. The predicted molar refractivity (Wildman–Crippen MR) is 132 cm³/mol. The molecule has 0 atom stereocenters. The maximum atomic E-state index is 12.8. The van der Waals surface area contributed by atoms with Crippen LogP contribution in [0.2, 0.25) is 0 Å². The zero-order valence-electron chi connectivity index (χ0n) is 20.5. The van der Waals surface area contributed by atoms with Gasteiger partial charge in [0.1, 0.15) is 11.5 Å². The van der Waals surface area contributed by atoms with Gasteiger partial charge >= 0.3 is 6.16 Å². The van der Waals surface area contributed by atoms with E-state index in [0.717, 1.165) is 25.7 Å². The average Bonchev–Trinajstić information content (AvgIpc) is 2.88. The van der Waals surface area contributed by atoms with Crippen LogP contribution in [0.1, 0.15) is 49.0 Å². The van der Waals surface area contributed by atoms with Gasteiger partial charge in [0.15, 0.2) is 6.61 Å². The maximum absolute atomic E-state index is 12.8. The number of hydrogen-bond acceptors (Lipinski definition) is 6. The Morgan fingerprint density at radius 2 is 1.60 bits per heavy atom. The van der Waals surface area contributed by atoms with Gasteiger partial charge < -0.3 is 24.4 Å². The van der Waals surface area contributed by atoms with Gasteiger partial charge in [0.25, 0.3) is 11.8 Å². The van der Waals surface area contributed by atoms with E-state index in [-0.39, 0.29) is 25.0 Å². The summed E-state index contributed by atoms with van der Waals surface area (Å²) in [5, 5.41) is 2.94. The van der Waals surface area contributed by atoms with Gasteiger partial charge in [-0.05, 0) is 74.1 Å². The van der Waals surface area contributed by atoms with Crippen LogP contribution in [-0.2, 0) is 16.0 Å². The number of amides is 2. The van der Waals surface area contributed by atoms with Gasteiger partial charge in [-0.25, -0.2) is 4.79 Å². The number of carbonyl (C=O) groups excluding carboxylic acids is 3. The number of aryl methyl sites for hydroxylation is 1. The van der Waals surface area contributed by atoms with E-state index in [1.165, 1.54) is 5.56 Å². The lowest BCUT2D eigenvalue weighted by Crippen LogP contribution is -2.42. The highest BCUT2D eigenvalue weighted by atomic mass is 16.7. The number of nitrogens with one attached hydrogen (secondary N) is 1. The number of piperidine rings is 1. The molecule has 8 heteroatoms. The lowest BCUT2D eigenvalue weighted by atomic mass is 9.96. The molecule has 188 valence electrons. The molecule has 2 amide bonds. The van der Waals surface area contributed by atoms with Crippen molar-refractivity contribution < 1.29 is 28.6 Å². The smallest absolute Gasteiger partial charge is 0.484 e. The zero-order valence-corrected chi connectivity index (χ0v) is 20.5. The minimum atomic E-state index is -0.770. The highest BCUT2D eigenvalue weighted by Gasteiger charge is 2.24. The number of carbonyl (C=O) groups is 3. The molecular weight excluding hydrogens is 448 g/mol. The first-order valence-electron chi connectivity index (χ1n) is 12.2. The number of hydrogen-bond donors (Lipinski definition) is 1. The average molecular weight is 483 g/mol. The van der Waals surface area contributed by atoms with E-state index >= 15 is 0 Å². The molecule has 1 aliphatic heterocycles. The summed E-state index contributed by atoms with van der Waals surface area (Å²) in [7, 11) is 0. The van der Waals surface area contributed by atoms with E-state index in [4.69, 9.17) is 14.2 Å². The van der Waals surface area contributed by atoms with Gasteiger partial charge in [0.2, 0.25) is 0 Å². The Labute approximate surface area is 206 Å². The summed E-state index contributed by atoms with van der Waals surface area (Å²) in [6.45, 7) is 5.88. The fourth-order valence-electron chi connectivity index (χ4n) is 3.93. The SMILES string of the molecule is CCCc1ccc(OCC(=O)NCC2CCN(C(=O)c3ccc(OC(=O)OCC)cc3)CC2)cc1. The molecule has 35 heavy (non-hydrogen) atoms. The summed E-state index contributed by atoms with van der Waals surface area (Å²) >= 11 is 0. The Bertz CT molecular complexity index is 966. The normalized spacial score (nSPS) is 13.7. The van der Waals surface area contributed by atoms with Crippen molar-refractivity contribution in [1.29, 1.82) is 0 Å². The summed E-state index contributed by atoms with van der Waals surface area (Å²) in [4.78, 5) is 38.2. The van der Waals surface area contributed by atoms with Crippen LogP contribution in [0.4, 0.5) is 4.79 Å². The third-order valence-corrected chi connectivity index (χ3v) is 5.89. The summed E-state index contributed by atoms with van der Waals surface area (Å²) in [5.74, 6) is 1.12. The summed E-state index contributed by atoms with van der Waals surface area (Å²) in [6.07, 6.45) is 2.99. The highest BCUT2D eigenvalue weighted by molar-refractivity contribution is 5.94. The summed E-state index contributed by atoms with van der Waals surface area (Å²) in [6, 6.07) is 14.3. The standard InChI is InChI=1S/C27H34N2O6/c1-3-5-20-6-10-23(11-7-20)34-19-25(30)28-18-21-14-16-29(17-15-21)26(31)22-8-12-24(13-9-22)35-27(32)33-4-2/h6-13,21H,3-5,14-19H2,1-2H3,(H,28,30). The van der Waals surface area contributed by atoms with Gasteiger partial charge in [-0.2, -0.15) is 0 Å². The van der Waals surface area contributed by atoms with E-state index < -0.39 is 6.16 Å². The van der Waals surface area contributed by atoms with Crippen LogP contribution in [0.3, 0.4) is 0 Å². The second-order valence-electron chi connectivity index (χ2n) is 8.53. The van der Waals surface area contributed by atoms with Gasteiger partial charge in [-0.3, -0.25) is 9.59 Å². The molecule has 3 rings (SSSR count). The van der Waals surface area contributed by atoms with Crippen LogP contribution in [0, 0.1) is 5.92 Å². The zero-order chi connectivity index (χ0) is 25.0. The molecule has 0 spiro atoms.